The first-order chi connectivity index (χ1) is 13.8. The summed E-state index contributed by atoms with van der Waals surface area (Å²) in [5.41, 5.74) is -0.994. The number of hydrogen-bond donors (Lipinski definition) is 3. The second-order valence-electron chi connectivity index (χ2n) is 6.33. The minimum Gasteiger partial charge on any atom is -0.453 e. The van der Waals surface area contributed by atoms with Crippen molar-refractivity contribution in [1.29, 1.82) is 0 Å². The third-order valence-corrected chi connectivity index (χ3v) is 4.22. The van der Waals surface area contributed by atoms with E-state index in [1.54, 1.807) is 4.90 Å². The number of halogens is 4. The molecule has 0 spiro atoms. The zero-order chi connectivity index (χ0) is 21.3. The third kappa shape index (κ3) is 8.36. The van der Waals surface area contributed by atoms with Crippen LogP contribution in [0.5, 0.6) is 0 Å². The number of rotatable bonds is 6. The van der Waals surface area contributed by atoms with Gasteiger partial charge in [-0.2, -0.15) is 13.2 Å². The van der Waals surface area contributed by atoms with E-state index >= 15 is 0 Å². The summed E-state index contributed by atoms with van der Waals surface area (Å²) < 4.78 is 42.7. The van der Waals surface area contributed by atoms with Crippen molar-refractivity contribution in [3.8, 4) is 0 Å². The normalized spacial score (nSPS) is 15.2. The number of ether oxygens (including phenoxy) is 1. The van der Waals surface area contributed by atoms with Gasteiger partial charge in [-0.25, -0.2) is 14.8 Å². The largest absolute Gasteiger partial charge is 0.453 e. The fourth-order valence-electron chi connectivity index (χ4n) is 2.79. The molecule has 0 radical (unpaired) electrons. The van der Waals surface area contributed by atoms with Gasteiger partial charge < -0.3 is 25.6 Å². The number of methoxy groups -OCH3 is 1. The Morgan fingerprint density at radius 3 is 2.67 bits per heavy atom. The van der Waals surface area contributed by atoms with Gasteiger partial charge in [-0.1, -0.05) is 0 Å². The maximum absolute atomic E-state index is 12.7. The Labute approximate surface area is 190 Å². The molecule has 1 fully saturated rings. The molecule has 0 atom stereocenters. The summed E-state index contributed by atoms with van der Waals surface area (Å²) in [6.07, 6.45) is -2.25. The molecule has 0 bridgehead atoms. The predicted molar refractivity (Wildman–Crippen MR) is 117 cm³/mol. The van der Waals surface area contributed by atoms with E-state index in [9.17, 15) is 18.0 Å². The van der Waals surface area contributed by atoms with E-state index in [0.29, 0.717) is 32.1 Å². The van der Waals surface area contributed by atoms with E-state index < -0.39 is 11.9 Å². The van der Waals surface area contributed by atoms with Gasteiger partial charge in [0.05, 0.1) is 13.7 Å². The summed E-state index contributed by atoms with van der Waals surface area (Å²) >= 11 is 0. The molecule has 1 aliphatic rings. The van der Waals surface area contributed by atoms with Crippen LogP contribution in [-0.4, -0.2) is 72.8 Å². The first-order valence-corrected chi connectivity index (χ1v) is 9.35. The molecule has 3 N–H and O–H groups in total. The predicted octanol–water partition coefficient (Wildman–Crippen LogP) is 2.31. The van der Waals surface area contributed by atoms with E-state index in [4.69, 9.17) is 4.74 Å². The van der Waals surface area contributed by atoms with E-state index in [1.807, 2.05) is 6.92 Å². The summed E-state index contributed by atoms with van der Waals surface area (Å²) in [6.45, 7) is 4.38. The van der Waals surface area contributed by atoms with Crippen LogP contribution in [0.3, 0.4) is 0 Å². The molecule has 0 unspecified atom stereocenters. The summed E-state index contributed by atoms with van der Waals surface area (Å²) in [6, 6.07) is 0.982. The quantitative estimate of drug-likeness (QED) is 0.218. The molecule has 2 rings (SSSR count). The Kier molecular flexibility index (Phi) is 10.9. The highest BCUT2D eigenvalue weighted by Crippen LogP contribution is 2.27. The molecule has 1 saturated heterocycles. The van der Waals surface area contributed by atoms with Crippen LogP contribution in [0, 0.1) is 0 Å². The molecule has 1 amide bonds. The average Bonchev–Trinajstić information content (AvgIpc) is 2.71. The van der Waals surface area contributed by atoms with Crippen LogP contribution in [0.1, 0.15) is 25.5 Å². The Morgan fingerprint density at radius 2 is 2.07 bits per heavy atom. The van der Waals surface area contributed by atoms with Gasteiger partial charge in [0.2, 0.25) is 5.95 Å². The number of carbonyl (C=O) groups excluding carboxylic acids is 1. The number of hydrogen-bond acceptors (Lipinski definition) is 6. The van der Waals surface area contributed by atoms with Gasteiger partial charge in [-0.15, -0.1) is 24.0 Å². The fraction of sp³-hybridized carbons (Fsp3) is 0.647. The highest BCUT2D eigenvalue weighted by Gasteiger charge is 2.32. The van der Waals surface area contributed by atoms with E-state index in [1.165, 1.54) is 7.11 Å². The minimum absolute atomic E-state index is 0. The summed E-state index contributed by atoms with van der Waals surface area (Å²) in [4.78, 5) is 24.8. The second kappa shape index (κ2) is 12.6. The number of nitrogens with one attached hydrogen (secondary N) is 3. The Balaban J connectivity index is 0.00000450. The number of guanidine groups is 1. The number of aliphatic imine (C=N–C) groups is 1. The Morgan fingerprint density at radius 1 is 1.37 bits per heavy atom. The molecule has 9 nitrogen and oxygen atoms in total. The van der Waals surface area contributed by atoms with Gasteiger partial charge in [0.1, 0.15) is 5.69 Å². The summed E-state index contributed by atoms with van der Waals surface area (Å²) in [5, 5.41) is 9.18. The van der Waals surface area contributed by atoms with Crippen LogP contribution in [0.25, 0.3) is 0 Å². The SMILES string of the molecule is CCNC(=NCCNc1nccc(C(F)(F)F)n1)NC1CCN(C(=O)OC)CC1.I. The monoisotopic (exact) mass is 545 g/mol. The van der Waals surface area contributed by atoms with Crippen LogP contribution >= 0.6 is 24.0 Å². The first-order valence-electron chi connectivity index (χ1n) is 9.35. The zero-order valence-corrected chi connectivity index (χ0v) is 19.2. The molecule has 1 aromatic rings. The topological polar surface area (TPSA) is 104 Å². The molecule has 30 heavy (non-hydrogen) atoms. The van der Waals surface area contributed by atoms with Crippen LogP contribution in [0.4, 0.5) is 23.9 Å². The fourth-order valence-corrected chi connectivity index (χ4v) is 2.79. The highest BCUT2D eigenvalue weighted by molar-refractivity contribution is 14.0. The number of carbonyl (C=O) groups is 1. The molecule has 1 aromatic heterocycles. The summed E-state index contributed by atoms with van der Waals surface area (Å²) in [7, 11) is 1.36. The van der Waals surface area contributed by atoms with Gasteiger partial charge >= 0.3 is 12.3 Å². The lowest BCUT2D eigenvalue weighted by atomic mass is 10.1. The van der Waals surface area contributed by atoms with Gasteiger partial charge in [-0.05, 0) is 25.8 Å². The van der Waals surface area contributed by atoms with Crippen molar-refractivity contribution >= 4 is 42.0 Å². The van der Waals surface area contributed by atoms with Crippen molar-refractivity contribution in [2.24, 2.45) is 4.99 Å². The highest BCUT2D eigenvalue weighted by atomic mass is 127. The first kappa shape index (κ1) is 26.0. The number of alkyl halides is 3. The van der Waals surface area contributed by atoms with E-state index in [-0.39, 0.29) is 48.6 Å². The number of aromatic nitrogens is 2. The molecular weight excluding hydrogens is 518 g/mol. The van der Waals surface area contributed by atoms with Crippen molar-refractivity contribution in [2.75, 3.05) is 45.2 Å². The van der Waals surface area contributed by atoms with Crippen LogP contribution in [-0.2, 0) is 10.9 Å². The maximum Gasteiger partial charge on any atom is 0.433 e. The third-order valence-electron chi connectivity index (χ3n) is 4.22. The average molecular weight is 545 g/mol. The number of nitrogens with zero attached hydrogens (tertiary/aromatic N) is 4. The molecule has 2 heterocycles. The number of anilines is 1. The van der Waals surface area contributed by atoms with Gasteiger partial charge in [0.15, 0.2) is 5.96 Å². The molecule has 13 heteroatoms. The van der Waals surface area contributed by atoms with Crippen LogP contribution < -0.4 is 16.0 Å². The van der Waals surface area contributed by atoms with Crippen LogP contribution in [0.15, 0.2) is 17.3 Å². The van der Waals surface area contributed by atoms with E-state index in [2.05, 4.69) is 30.9 Å². The van der Waals surface area contributed by atoms with Crippen molar-refractivity contribution < 1.29 is 22.7 Å². The molecule has 0 saturated carbocycles. The lowest BCUT2D eigenvalue weighted by Crippen LogP contribution is -2.49. The Bertz CT molecular complexity index is 698. The lowest BCUT2D eigenvalue weighted by Gasteiger charge is -2.32. The second-order valence-corrected chi connectivity index (χ2v) is 6.33. The number of amides is 1. The van der Waals surface area contributed by atoms with Gasteiger partial charge in [-0.3, -0.25) is 4.99 Å². The van der Waals surface area contributed by atoms with Crippen molar-refractivity contribution in [3.05, 3.63) is 18.0 Å². The van der Waals surface area contributed by atoms with Crippen molar-refractivity contribution in [1.82, 2.24) is 25.5 Å². The minimum atomic E-state index is -4.51. The van der Waals surface area contributed by atoms with Gasteiger partial charge in [0, 0.05) is 38.4 Å². The molecule has 170 valence electrons. The molecular formula is C17H27F3IN7O2. The molecule has 0 aliphatic carbocycles. The smallest absolute Gasteiger partial charge is 0.433 e. The van der Waals surface area contributed by atoms with Crippen molar-refractivity contribution in [2.45, 2.75) is 32.0 Å². The summed E-state index contributed by atoms with van der Waals surface area (Å²) in [5.74, 6) is 0.513. The van der Waals surface area contributed by atoms with Crippen molar-refractivity contribution in [3.63, 3.8) is 0 Å². The zero-order valence-electron chi connectivity index (χ0n) is 16.8. The lowest BCUT2D eigenvalue weighted by molar-refractivity contribution is -0.141. The van der Waals surface area contributed by atoms with Crippen LogP contribution in [0.2, 0.25) is 0 Å². The number of likely N-dealkylation sites (tertiary alicyclic amines) is 1. The number of piperidine rings is 1. The van der Waals surface area contributed by atoms with E-state index in [0.717, 1.165) is 25.1 Å². The maximum atomic E-state index is 12.7. The molecule has 1 aliphatic heterocycles. The molecule has 0 aromatic carbocycles. The van der Waals surface area contributed by atoms with Gasteiger partial charge in [0.25, 0.3) is 0 Å². The standard InChI is InChI=1S/C17H26F3N7O2.HI/c1-3-21-14(25-12-5-10-27(11-6-12)16(28)29-2)23-8-9-24-15-22-7-4-13(26-15)17(18,19)20;/h4,7,12H,3,5-6,8-11H2,1-2H3,(H2,21,23,25)(H,22,24,26);1H. The Hall–Kier alpha value is -2.06.